The molecule has 6 heterocycles. The Morgan fingerprint density at radius 2 is 0.472 bits per heavy atom. The molecule has 0 saturated carbocycles. The number of benzene rings is 17. The molecule has 142 heavy (non-hydrogen) atoms. The van der Waals surface area contributed by atoms with E-state index in [0.717, 1.165) is 67.1 Å². The second-order valence-electron chi connectivity index (χ2n) is 32.7. The molecule has 17 aromatic carbocycles. The van der Waals surface area contributed by atoms with Gasteiger partial charge in [0.1, 0.15) is 0 Å². The highest BCUT2D eigenvalue weighted by Gasteiger charge is 2.33. The number of fused-ring (bicyclic) bond motifs is 15. The molecule has 0 aliphatic rings. The maximum atomic E-state index is 15.8. The van der Waals surface area contributed by atoms with Crippen LogP contribution in [0, 0.1) is 107 Å². The van der Waals surface area contributed by atoms with E-state index in [0.29, 0.717) is 167 Å². The van der Waals surface area contributed by atoms with Crippen LogP contribution in [0.25, 0.3) is 241 Å². The lowest BCUT2D eigenvalue weighted by Gasteiger charge is -2.19. The summed E-state index contributed by atoms with van der Waals surface area (Å²) in [6.07, 6.45) is 0. The van der Waals surface area contributed by atoms with Gasteiger partial charge >= 0.3 is 0 Å². The van der Waals surface area contributed by atoms with Crippen LogP contribution >= 0.6 is 0 Å². The summed E-state index contributed by atoms with van der Waals surface area (Å²) in [6, 6.07) is 105. The highest BCUT2D eigenvalue weighted by Crippen LogP contribution is 2.51. The molecule has 0 radical (unpaired) electrons. The van der Waals surface area contributed by atoms with Crippen LogP contribution in [0.1, 0.15) is 16.7 Å². The van der Waals surface area contributed by atoms with Crippen molar-refractivity contribution in [3.8, 4) is 142 Å². The van der Waals surface area contributed by atoms with Gasteiger partial charge in [-0.15, -0.1) is 0 Å². The van der Waals surface area contributed by atoms with Crippen LogP contribution in [0.4, 0.5) is 57.9 Å². The van der Waals surface area contributed by atoms with Gasteiger partial charge in [0.2, 0.25) is 5.82 Å². The van der Waals surface area contributed by atoms with Gasteiger partial charge in [0, 0.05) is 81.9 Å². The maximum Gasteiger partial charge on any atom is 0.200 e. The van der Waals surface area contributed by atoms with Crippen LogP contribution < -0.4 is 0 Å². The van der Waals surface area contributed by atoms with Crippen LogP contribution in [0.2, 0.25) is 0 Å². The fraction of sp³-hybridized carbons (Fsp3) is 0. The van der Waals surface area contributed by atoms with Gasteiger partial charge in [-0.25, -0.2) is 99.4 Å². The average molecular weight is 1850 g/mol. The summed E-state index contributed by atoms with van der Waals surface area (Å²) in [7, 11) is 0. The predicted molar refractivity (Wildman–Crippen MR) is 536 cm³/mol. The fourth-order valence-electron chi connectivity index (χ4n) is 17.8. The largest absolute Gasteiger partial charge is 0.248 e. The van der Waals surface area contributed by atoms with Crippen LogP contribution in [0.15, 0.2) is 340 Å². The molecule has 24 heteroatoms. The second kappa shape index (κ2) is 36.8. The topological polar surface area (TPSA) is 205 Å². The van der Waals surface area contributed by atoms with E-state index in [1.165, 1.54) is 6.07 Å². The van der Waals surface area contributed by atoms with Crippen molar-refractivity contribution in [3.05, 3.63) is 449 Å². The lowest BCUT2D eigenvalue weighted by Crippen LogP contribution is -2.06. The number of hydrogen-bond donors (Lipinski definition) is 0. The Morgan fingerprint density at radius 3 is 0.796 bits per heavy atom. The molecular formula is C118H56F8N16. The number of rotatable bonds is 11. The molecule has 0 unspecified atom stereocenters. The predicted octanol–water partition coefficient (Wildman–Crippen LogP) is 31.3. The molecule has 0 bridgehead atoms. The first-order chi connectivity index (χ1) is 69.4. The minimum atomic E-state index is -2.28. The Bertz CT molecular complexity index is 9510. The van der Waals surface area contributed by atoms with Gasteiger partial charge in [-0.1, -0.05) is 255 Å². The van der Waals surface area contributed by atoms with Crippen LogP contribution in [0.3, 0.4) is 0 Å². The van der Waals surface area contributed by atoms with E-state index in [9.17, 15) is 42.1 Å². The van der Waals surface area contributed by atoms with Crippen molar-refractivity contribution in [2.75, 3.05) is 0 Å². The summed E-state index contributed by atoms with van der Waals surface area (Å²) < 4.78 is 120. The summed E-state index contributed by atoms with van der Waals surface area (Å²) in [5, 5.41) is 33.6. The number of aromatic nitrogens is 9. The molecule has 23 rings (SSSR count). The summed E-state index contributed by atoms with van der Waals surface area (Å²) in [5.41, 5.74) is 17.6. The van der Waals surface area contributed by atoms with Crippen LogP contribution in [0.5, 0.6) is 0 Å². The Labute approximate surface area is 802 Å². The fourth-order valence-corrected chi connectivity index (χ4v) is 17.8. The minimum absolute atomic E-state index is 0.0958. The SMILES string of the molecule is [C-]#[N+]c1ccc(-c2nc3cc(-c4c(F)c(F)c(F)c(F)c4F)c4c(-c5ccccc5)nc5ccccc5c4c3nc2-c2ccc(C#N)cc2)cc1.[C-]#[N+]c1ccc(-c2nc3cc(-c4cc(F)c(F)c(F)c4)c4c(-c5ccccc5)nc5ccccc5c4c3nc2-c2ccc(C#N)cc2)cc1.[C-]#[N+]c1ccc(-c2nc3cc([N+]#[C-])c4c(-c5ccccc5)nc5ccccc5c4c3nc2-c2ccc(C#N)cc2)cc1. The smallest absolute Gasteiger partial charge is 0.200 e. The molecular weight excluding hydrogens is 1790 g/mol. The van der Waals surface area contributed by atoms with Crippen molar-refractivity contribution in [2.45, 2.75) is 0 Å². The monoisotopic (exact) mass is 1850 g/mol. The number of halogens is 8. The minimum Gasteiger partial charge on any atom is -0.248 e. The number of para-hydroxylation sites is 3. The van der Waals surface area contributed by atoms with Crippen molar-refractivity contribution in [2.24, 2.45) is 0 Å². The van der Waals surface area contributed by atoms with Gasteiger partial charge in [0.25, 0.3) is 0 Å². The number of pyridine rings is 3. The van der Waals surface area contributed by atoms with Gasteiger partial charge in [-0.2, -0.15) is 15.8 Å². The van der Waals surface area contributed by atoms with Crippen molar-refractivity contribution >= 4 is 121 Å². The highest BCUT2D eigenvalue weighted by atomic mass is 19.2. The lowest BCUT2D eigenvalue weighted by atomic mass is 9.90. The van der Waals surface area contributed by atoms with Crippen LogP contribution in [-0.4, -0.2) is 44.9 Å². The van der Waals surface area contributed by atoms with Gasteiger partial charge in [-0.05, 0) is 118 Å². The van der Waals surface area contributed by atoms with Gasteiger partial charge in [-0.3, -0.25) is 0 Å². The maximum absolute atomic E-state index is 15.8. The standard InChI is InChI=1S/C41H18F5N5.C41H20F3N5.C36H18N6/c1-48-25-17-15-24(16-18-25)39-40(23-13-11-21(20-47)12-14-23)51-41-29(50-39)19-27(32-33(42)35(44)37(46)36(45)34(32)43)31-30(41)26-9-5-6-10-28(26)49-38(31)22-7-3-2-4-8-22;1-46-28-17-15-26(16-18-28)39-40(25-13-11-23(22-45)12-14-25)49-41-34(48-39)21-30(27-19-31(42)37(44)32(43)20-27)36-35(41)29-9-5-6-10-33(29)47-38(36)24-7-3-2-4-8-24;1-38-26-18-16-25(17-19-26)34-35(24-14-12-22(21-37)13-15-24)42-36-30(41-34)20-29(39-2)32-31(36)27-10-6-7-11-28(27)40-33(32)23-8-4-3-5-9-23/h2-19H;2-21H;3-20H. The molecule has 16 nitrogen and oxygen atoms in total. The third kappa shape index (κ3) is 15.8. The third-order valence-electron chi connectivity index (χ3n) is 24.5. The Morgan fingerprint density at radius 1 is 0.211 bits per heavy atom. The normalized spacial score (nSPS) is 11.0. The highest BCUT2D eigenvalue weighted by molar-refractivity contribution is 6.29. The van der Waals surface area contributed by atoms with E-state index in [1.807, 2.05) is 133 Å². The Kier molecular flexibility index (Phi) is 22.9. The van der Waals surface area contributed by atoms with Gasteiger partial charge in [0.15, 0.2) is 63.5 Å². The molecule has 0 aliphatic carbocycles. The second-order valence-corrected chi connectivity index (χ2v) is 32.7. The van der Waals surface area contributed by atoms with E-state index in [-0.39, 0.29) is 33.2 Å². The summed E-state index contributed by atoms with van der Waals surface area (Å²) in [4.78, 5) is 60.2. The summed E-state index contributed by atoms with van der Waals surface area (Å²) in [5.74, 6) is -14.7. The van der Waals surface area contributed by atoms with E-state index < -0.39 is 52.1 Å². The number of nitriles is 3. The van der Waals surface area contributed by atoms with Crippen molar-refractivity contribution in [1.82, 2.24) is 44.9 Å². The molecule has 0 saturated heterocycles. The van der Waals surface area contributed by atoms with Crippen molar-refractivity contribution in [1.29, 1.82) is 15.8 Å². The van der Waals surface area contributed by atoms with Gasteiger partial charge < -0.3 is 0 Å². The van der Waals surface area contributed by atoms with Crippen molar-refractivity contribution in [3.63, 3.8) is 0 Å². The first-order valence-corrected chi connectivity index (χ1v) is 43.8. The van der Waals surface area contributed by atoms with E-state index in [1.54, 1.807) is 188 Å². The first kappa shape index (κ1) is 88.2. The molecule has 0 N–H and O–H groups in total. The third-order valence-corrected chi connectivity index (χ3v) is 24.5. The molecule has 0 fully saturated rings. The Hall–Kier alpha value is -20.4. The zero-order valence-corrected chi connectivity index (χ0v) is 73.5. The molecule has 0 amide bonds. The quantitative estimate of drug-likeness (QED) is 0.0390. The Balaban J connectivity index is 0.000000127. The van der Waals surface area contributed by atoms with E-state index >= 15 is 8.78 Å². The molecule has 0 atom stereocenters. The molecule has 0 spiro atoms. The molecule has 664 valence electrons. The average Bonchev–Trinajstić information content (AvgIpc) is 0.710. The molecule has 0 aliphatic heterocycles. The first-order valence-electron chi connectivity index (χ1n) is 43.8. The zero-order valence-electron chi connectivity index (χ0n) is 73.5. The zero-order chi connectivity index (χ0) is 97.7. The summed E-state index contributed by atoms with van der Waals surface area (Å²) in [6.45, 7) is 30.3. The summed E-state index contributed by atoms with van der Waals surface area (Å²) >= 11 is 0. The van der Waals surface area contributed by atoms with Gasteiger partial charge in [0.05, 0.1) is 168 Å². The van der Waals surface area contributed by atoms with Crippen molar-refractivity contribution < 1.29 is 35.1 Å². The van der Waals surface area contributed by atoms with Crippen LogP contribution in [-0.2, 0) is 0 Å². The number of hydrogen-bond acceptors (Lipinski definition) is 12. The molecule has 23 aromatic rings. The van der Waals surface area contributed by atoms with E-state index in [2.05, 4.69) is 37.6 Å². The molecule has 6 aromatic heterocycles. The van der Waals surface area contributed by atoms with E-state index in [4.69, 9.17) is 71.1 Å². The lowest BCUT2D eigenvalue weighted by molar-refractivity contribution is 0.381. The number of nitrogens with zero attached hydrogens (tertiary/aromatic N) is 16.